The van der Waals surface area contributed by atoms with Crippen LogP contribution in [0.3, 0.4) is 0 Å². The molecule has 0 saturated heterocycles. The van der Waals surface area contributed by atoms with Crippen molar-refractivity contribution in [2.45, 2.75) is 45.7 Å². The molecule has 1 aromatic rings. The maximum atomic E-state index is 5.87. The fourth-order valence-electron chi connectivity index (χ4n) is 1.80. The second-order valence-corrected chi connectivity index (χ2v) is 6.34. The number of hydrogen-bond donors (Lipinski definition) is 1. The summed E-state index contributed by atoms with van der Waals surface area (Å²) in [5.41, 5.74) is 1.34. The molecule has 0 spiro atoms. The van der Waals surface area contributed by atoms with Crippen molar-refractivity contribution in [3.8, 4) is 11.5 Å². The lowest BCUT2D eigenvalue weighted by atomic mass is 10.1. The van der Waals surface area contributed by atoms with Gasteiger partial charge < -0.3 is 14.8 Å². The van der Waals surface area contributed by atoms with Crippen LogP contribution in [0.1, 0.15) is 39.2 Å². The highest BCUT2D eigenvalue weighted by atomic mass is 16.5. The molecule has 0 radical (unpaired) electrons. The summed E-state index contributed by atoms with van der Waals surface area (Å²) in [5, 5.41) is 3.48. The van der Waals surface area contributed by atoms with E-state index in [-0.39, 0.29) is 5.54 Å². The minimum Gasteiger partial charge on any atom is -0.493 e. The third-order valence-electron chi connectivity index (χ3n) is 3.22. The van der Waals surface area contributed by atoms with E-state index in [1.54, 1.807) is 7.11 Å². The Morgan fingerprint density at radius 1 is 1.21 bits per heavy atom. The predicted molar refractivity (Wildman–Crippen MR) is 77.8 cm³/mol. The maximum absolute atomic E-state index is 5.87. The molecule has 19 heavy (non-hydrogen) atoms. The number of rotatable bonds is 6. The standard InChI is InChI=1S/C16H25NO2/c1-16(2,3)17-10-13-7-8-14(18-4)15(9-13)19-11-12-5-6-12/h7-9,12,17H,5-6,10-11H2,1-4H3. The molecule has 0 unspecified atom stereocenters. The summed E-state index contributed by atoms with van der Waals surface area (Å²) in [5.74, 6) is 2.43. The zero-order valence-electron chi connectivity index (χ0n) is 12.5. The summed E-state index contributed by atoms with van der Waals surface area (Å²) < 4.78 is 11.2. The van der Waals surface area contributed by atoms with Gasteiger partial charge in [-0.25, -0.2) is 0 Å². The lowest BCUT2D eigenvalue weighted by Gasteiger charge is -2.21. The van der Waals surface area contributed by atoms with Gasteiger partial charge in [-0.3, -0.25) is 0 Å². The smallest absolute Gasteiger partial charge is 0.161 e. The van der Waals surface area contributed by atoms with Gasteiger partial charge in [0.1, 0.15) is 0 Å². The van der Waals surface area contributed by atoms with Crippen molar-refractivity contribution in [2.24, 2.45) is 5.92 Å². The van der Waals surface area contributed by atoms with Crippen molar-refractivity contribution >= 4 is 0 Å². The first-order valence-corrected chi connectivity index (χ1v) is 7.03. The summed E-state index contributed by atoms with van der Waals surface area (Å²) >= 11 is 0. The maximum Gasteiger partial charge on any atom is 0.161 e. The summed E-state index contributed by atoms with van der Waals surface area (Å²) in [6.07, 6.45) is 2.60. The van der Waals surface area contributed by atoms with E-state index in [9.17, 15) is 0 Å². The lowest BCUT2D eigenvalue weighted by Crippen LogP contribution is -2.35. The van der Waals surface area contributed by atoms with Gasteiger partial charge >= 0.3 is 0 Å². The van der Waals surface area contributed by atoms with Crippen LogP contribution in [0.15, 0.2) is 18.2 Å². The molecule has 3 nitrogen and oxygen atoms in total. The molecule has 0 heterocycles. The molecule has 1 aliphatic carbocycles. The van der Waals surface area contributed by atoms with Gasteiger partial charge in [0.25, 0.3) is 0 Å². The molecular weight excluding hydrogens is 238 g/mol. The second-order valence-electron chi connectivity index (χ2n) is 6.34. The second kappa shape index (κ2) is 5.83. The van der Waals surface area contributed by atoms with Gasteiger partial charge in [-0.15, -0.1) is 0 Å². The van der Waals surface area contributed by atoms with Crippen LogP contribution in [0.2, 0.25) is 0 Å². The Morgan fingerprint density at radius 3 is 2.53 bits per heavy atom. The Bertz CT molecular complexity index is 419. The van der Waals surface area contributed by atoms with Gasteiger partial charge in [-0.2, -0.15) is 0 Å². The average Bonchev–Trinajstić information content (AvgIpc) is 3.17. The van der Waals surface area contributed by atoms with Crippen molar-refractivity contribution < 1.29 is 9.47 Å². The number of benzene rings is 1. The molecule has 0 bridgehead atoms. The fraction of sp³-hybridized carbons (Fsp3) is 0.625. The van der Waals surface area contributed by atoms with Gasteiger partial charge in [0.2, 0.25) is 0 Å². The SMILES string of the molecule is COc1ccc(CNC(C)(C)C)cc1OCC1CC1. The summed E-state index contributed by atoms with van der Waals surface area (Å²) in [4.78, 5) is 0. The predicted octanol–water partition coefficient (Wildman–Crippen LogP) is 3.37. The van der Waals surface area contributed by atoms with E-state index < -0.39 is 0 Å². The van der Waals surface area contributed by atoms with Crippen LogP contribution >= 0.6 is 0 Å². The zero-order valence-corrected chi connectivity index (χ0v) is 12.5. The van der Waals surface area contributed by atoms with E-state index in [2.05, 4.69) is 38.2 Å². The van der Waals surface area contributed by atoms with E-state index in [1.807, 2.05) is 6.07 Å². The van der Waals surface area contributed by atoms with Crippen LogP contribution in [0.5, 0.6) is 11.5 Å². The highest BCUT2D eigenvalue weighted by molar-refractivity contribution is 5.43. The van der Waals surface area contributed by atoms with E-state index in [0.29, 0.717) is 0 Å². The van der Waals surface area contributed by atoms with Gasteiger partial charge in [0.15, 0.2) is 11.5 Å². The molecule has 0 amide bonds. The van der Waals surface area contributed by atoms with Crippen LogP contribution < -0.4 is 14.8 Å². The molecule has 0 atom stereocenters. The highest BCUT2D eigenvalue weighted by Gasteiger charge is 2.22. The minimum absolute atomic E-state index is 0.120. The Labute approximate surface area is 116 Å². The third kappa shape index (κ3) is 4.75. The molecule has 3 heteroatoms. The topological polar surface area (TPSA) is 30.5 Å². The van der Waals surface area contributed by atoms with Crippen LogP contribution in [-0.2, 0) is 6.54 Å². The monoisotopic (exact) mass is 263 g/mol. The van der Waals surface area contributed by atoms with Gasteiger partial charge in [-0.1, -0.05) is 6.07 Å². The highest BCUT2D eigenvalue weighted by Crippen LogP contribution is 2.33. The Kier molecular flexibility index (Phi) is 4.35. The van der Waals surface area contributed by atoms with Crippen molar-refractivity contribution in [1.29, 1.82) is 0 Å². The molecule has 106 valence electrons. The molecule has 2 rings (SSSR count). The van der Waals surface area contributed by atoms with Gasteiger partial charge in [0.05, 0.1) is 13.7 Å². The van der Waals surface area contributed by atoms with E-state index >= 15 is 0 Å². The molecule has 1 fully saturated rings. The fourth-order valence-corrected chi connectivity index (χ4v) is 1.80. The summed E-state index contributed by atoms with van der Waals surface area (Å²) in [7, 11) is 1.69. The quantitative estimate of drug-likeness (QED) is 0.853. The number of hydrogen-bond acceptors (Lipinski definition) is 3. The molecule has 1 N–H and O–H groups in total. The van der Waals surface area contributed by atoms with Crippen molar-refractivity contribution in [3.05, 3.63) is 23.8 Å². The van der Waals surface area contributed by atoms with Crippen LogP contribution in [0.4, 0.5) is 0 Å². The van der Waals surface area contributed by atoms with Crippen molar-refractivity contribution in [3.63, 3.8) is 0 Å². The first kappa shape index (κ1) is 14.2. The first-order chi connectivity index (χ1) is 8.98. The van der Waals surface area contributed by atoms with Gasteiger partial charge in [0, 0.05) is 12.1 Å². The van der Waals surface area contributed by atoms with Crippen LogP contribution in [0.25, 0.3) is 0 Å². The summed E-state index contributed by atoms with van der Waals surface area (Å²) in [6, 6.07) is 6.16. The number of ether oxygens (including phenoxy) is 2. The molecule has 1 aliphatic rings. The van der Waals surface area contributed by atoms with Gasteiger partial charge in [-0.05, 0) is 57.2 Å². The first-order valence-electron chi connectivity index (χ1n) is 7.03. The molecular formula is C16H25NO2. The lowest BCUT2D eigenvalue weighted by molar-refractivity contribution is 0.280. The molecule has 0 aromatic heterocycles. The van der Waals surface area contributed by atoms with E-state index in [4.69, 9.17) is 9.47 Å². The van der Waals surface area contributed by atoms with Crippen molar-refractivity contribution in [2.75, 3.05) is 13.7 Å². The van der Waals surface area contributed by atoms with Crippen LogP contribution in [0, 0.1) is 5.92 Å². The zero-order chi connectivity index (χ0) is 13.9. The number of methoxy groups -OCH3 is 1. The number of nitrogens with one attached hydrogen (secondary N) is 1. The molecule has 0 aliphatic heterocycles. The Hall–Kier alpha value is -1.22. The van der Waals surface area contributed by atoms with E-state index in [1.165, 1.54) is 18.4 Å². The minimum atomic E-state index is 0.120. The van der Waals surface area contributed by atoms with Crippen LogP contribution in [-0.4, -0.2) is 19.3 Å². The Morgan fingerprint density at radius 2 is 1.95 bits per heavy atom. The normalized spacial score (nSPS) is 15.4. The molecule has 1 aromatic carbocycles. The van der Waals surface area contributed by atoms with Crippen molar-refractivity contribution in [1.82, 2.24) is 5.32 Å². The largest absolute Gasteiger partial charge is 0.493 e. The summed E-state index contributed by atoms with van der Waals surface area (Å²) in [6.45, 7) is 8.16. The Balaban J connectivity index is 2.01. The molecule has 1 saturated carbocycles. The van der Waals surface area contributed by atoms with E-state index in [0.717, 1.165) is 30.6 Å². The average molecular weight is 263 g/mol. The third-order valence-corrected chi connectivity index (χ3v) is 3.22.